The molecule has 0 radical (unpaired) electrons. The first-order chi connectivity index (χ1) is 15.4. The quantitative estimate of drug-likeness (QED) is 0.414. The molecule has 1 saturated heterocycles. The van der Waals surface area contributed by atoms with Gasteiger partial charge in [-0.15, -0.1) is 5.10 Å². The Bertz CT molecular complexity index is 1270. The van der Waals surface area contributed by atoms with Gasteiger partial charge in [0.15, 0.2) is 11.5 Å². The summed E-state index contributed by atoms with van der Waals surface area (Å²) in [4.78, 5) is 6.89. The number of hydrazine groups is 1. The second kappa shape index (κ2) is 6.55. The van der Waals surface area contributed by atoms with Crippen molar-refractivity contribution in [3.8, 4) is 0 Å². The Labute approximate surface area is 183 Å². The van der Waals surface area contributed by atoms with Gasteiger partial charge in [-0.1, -0.05) is 0 Å². The summed E-state index contributed by atoms with van der Waals surface area (Å²) in [6.07, 6.45) is 7.14. The molecule has 0 spiro atoms. The van der Waals surface area contributed by atoms with Crippen molar-refractivity contribution in [1.82, 2.24) is 19.6 Å². The third-order valence-electron chi connectivity index (χ3n) is 6.97. The van der Waals surface area contributed by atoms with Crippen molar-refractivity contribution < 1.29 is 8.78 Å². The van der Waals surface area contributed by atoms with Gasteiger partial charge in [-0.05, 0) is 55.9 Å². The van der Waals surface area contributed by atoms with Gasteiger partial charge in [-0.3, -0.25) is 0 Å². The number of anilines is 2. The van der Waals surface area contributed by atoms with Crippen LogP contribution >= 0.6 is 0 Å². The Balaban J connectivity index is 1.43. The summed E-state index contributed by atoms with van der Waals surface area (Å²) in [7, 11) is 0. The highest BCUT2D eigenvalue weighted by atomic mass is 19.1. The van der Waals surface area contributed by atoms with Crippen LogP contribution in [0.15, 0.2) is 36.7 Å². The van der Waals surface area contributed by atoms with E-state index in [-0.39, 0.29) is 17.8 Å². The molecule has 3 heterocycles. The van der Waals surface area contributed by atoms with E-state index < -0.39 is 17.2 Å². The fourth-order valence-corrected chi connectivity index (χ4v) is 5.16. The number of nitrogens with two attached hydrogens (primary N) is 3. The number of nitrogen functional groups attached to an aromatic ring is 1. The molecule has 166 valence electrons. The van der Waals surface area contributed by atoms with Gasteiger partial charge in [0.2, 0.25) is 0 Å². The molecule has 6 rings (SSSR count). The average molecular weight is 438 g/mol. The van der Waals surface area contributed by atoms with Crippen molar-refractivity contribution in [2.45, 2.75) is 37.3 Å². The van der Waals surface area contributed by atoms with E-state index in [9.17, 15) is 8.78 Å². The Kier molecular flexibility index (Phi) is 3.95. The zero-order valence-electron chi connectivity index (χ0n) is 17.4. The maximum atomic E-state index is 14.7. The average Bonchev–Trinajstić information content (AvgIpc) is 3.67. The van der Waals surface area contributed by atoms with E-state index in [1.165, 1.54) is 12.1 Å². The van der Waals surface area contributed by atoms with Gasteiger partial charge in [0, 0.05) is 30.5 Å². The van der Waals surface area contributed by atoms with E-state index in [0.29, 0.717) is 34.8 Å². The van der Waals surface area contributed by atoms with Crippen molar-refractivity contribution >= 4 is 23.0 Å². The van der Waals surface area contributed by atoms with E-state index in [4.69, 9.17) is 22.3 Å². The van der Waals surface area contributed by atoms with Gasteiger partial charge in [-0.25, -0.2) is 24.1 Å². The molecule has 0 unspecified atom stereocenters. The highest BCUT2D eigenvalue weighted by molar-refractivity contribution is 5.82. The summed E-state index contributed by atoms with van der Waals surface area (Å²) in [6, 6.07) is 5.76. The van der Waals surface area contributed by atoms with Crippen molar-refractivity contribution in [2.75, 3.05) is 17.2 Å². The molecule has 2 atom stereocenters. The Morgan fingerprint density at radius 1 is 1.22 bits per heavy atom. The molecule has 2 saturated carbocycles. The number of aromatic nitrogens is 3. The zero-order valence-corrected chi connectivity index (χ0v) is 17.4. The van der Waals surface area contributed by atoms with E-state index in [0.717, 1.165) is 31.7 Å². The number of benzene rings is 1. The number of fused-ring (bicyclic) bond motifs is 2. The molecule has 10 heteroatoms. The van der Waals surface area contributed by atoms with E-state index >= 15 is 0 Å². The van der Waals surface area contributed by atoms with Crippen molar-refractivity contribution in [3.05, 3.63) is 59.4 Å². The van der Waals surface area contributed by atoms with Crippen LogP contribution in [-0.2, 0) is 5.54 Å². The van der Waals surface area contributed by atoms with Crippen LogP contribution in [0.1, 0.15) is 36.8 Å². The predicted molar refractivity (Wildman–Crippen MR) is 117 cm³/mol. The smallest absolute Gasteiger partial charge is 0.168 e. The minimum Gasteiger partial charge on any atom is -0.397 e. The van der Waals surface area contributed by atoms with Crippen molar-refractivity contribution in [3.63, 3.8) is 0 Å². The van der Waals surface area contributed by atoms with Crippen LogP contribution in [0.3, 0.4) is 0 Å². The molecule has 3 fully saturated rings. The summed E-state index contributed by atoms with van der Waals surface area (Å²) in [5, 5.41) is 5.92. The second-order valence-corrected chi connectivity index (χ2v) is 8.97. The fourth-order valence-electron chi connectivity index (χ4n) is 5.16. The summed E-state index contributed by atoms with van der Waals surface area (Å²) in [5.74, 6) is 6.39. The minimum absolute atomic E-state index is 0.254. The molecule has 3 aromatic rings. The van der Waals surface area contributed by atoms with Gasteiger partial charge in [-0.2, -0.15) is 0 Å². The van der Waals surface area contributed by atoms with Crippen LogP contribution in [0.4, 0.5) is 20.4 Å². The standard InChI is InChI=1S/C22H24F2N8/c23-13-1-4-16(24)15(9-13)22-10-12(22)5-7-30(22)18-6-8-32-21(28-18)19(20(26)29-32)17(25)11-31(27)14-2-3-14/h1,4,6,8-9,11-12,14H,2-3,5,7,10,25,27H2,(H2,26,29)/b17-11-/t12-,22+/m0/s1. The minimum atomic E-state index is -0.579. The van der Waals surface area contributed by atoms with E-state index in [1.54, 1.807) is 21.9 Å². The number of halogens is 2. The normalized spacial score (nSPS) is 24.8. The molecule has 8 nitrogen and oxygen atoms in total. The van der Waals surface area contributed by atoms with Crippen LogP contribution in [0.25, 0.3) is 11.3 Å². The molecule has 6 N–H and O–H groups in total. The van der Waals surface area contributed by atoms with Crippen LogP contribution in [0.2, 0.25) is 0 Å². The van der Waals surface area contributed by atoms with E-state index in [2.05, 4.69) is 10.00 Å². The number of hydrogen-bond donors (Lipinski definition) is 3. The maximum absolute atomic E-state index is 14.7. The summed E-state index contributed by atoms with van der Waals surface area (Å²) in [5.41, 5.74) is 13.7. The molecular formula is C22H24F2N8. The van der Waals surface area contributed by atoms with Gasteiger partial charge >= 0.3 is 0 Å². The summed E-state index contributed by atoms with van der Waals surface area (Å²) in [6.45, 7) is 0.701. The Morgan fingerprint density at radius 2 is 2.03 bits per heavy atom. The van der Waals surface area contributed by atoms with Crippen LogP contribution in [0.5, 0.6) is 0 Å². The molecule has 3 aliphatic rings. The third-order valence-corrected chi connectivity index (χ3v) is 6.97. The lowest BCUT2D eigenvalue weighted by atomic mass is 10.0. The molecule has 2 aliphatic carbocycles. The molecule has 2 aromatic heterocycles. The lowest BCUT2D eigenvalue weighted by molar-refractivity contribution is 0.384. The molecular weight excluding hydrogens is 414 g/mol. The lowest BCUT2D eigenvalue weighted by Crippen LogP contribution is -2.34. The van der Waals surface area contributed by atoms with Crippen LogP contribution < -0.4 is 22.2 Å². The van der Waals surface area contributed by atoms with Crippen LogP contribution in [0, 0.1) is 17.6 Å². The number of piperidine rings is 1. The third kappa shape index (κ3) is 2.75. The summed E-state index contributed by atoms with van der Waals surface area (Å²) < 4.78 is 30.3. The first-order valence-corrected chi connectivity index (χ1v) is 10.8. The van der Waals surface area contributed by atoms with Gasteiger partial charge in [0.25, 0.3) is 0 Å². The SMILES string of the molecule is N/C(=C\N(N)C1CC1)c1c(N)nn2ccc(N3CC[C@H]4C[C@]43c3cc(F)ccc3F)nc12. The monoisotopic (exact) mass is 438 g/mol. The number of hydrogen-bond acceptors (Lipinski definition) is 7. The molecule has 1 aromatic carbocycles. The van der Waals surface area contributed by atoms with E-state index in [1.807, 2.05) is 6.07 Å². The number of nitrogens with zero attached hydrogens (tertiary/aromatic N) is 5. The van der Waals surface area contributed by atoms with Crippen LogP contribution in [-0.4, -0.2) is 32.2 Å². The molecule has 1 aliphatic heterocycles. The van der Waals surface area contributed by atoms with Crippen molar-refractivity contribution in [2.24, 2.45) is 17.5 Å². The topological polar surface area (TPSA) is 115 Å². The van der Waals surface area contributed by atoms with Gasteiger partial charge < -0.3 is 21.4 Å². The van der Waals surface area contributed by atoms with Gasteiger partial charge in [0.05, 0.1) is 16.8 Å². The zero-order chi connectivity index (χ0) is 22.2. The molecule has 32 heavy (non-hydrogen) atoms. The highest BCUT2D eigenvalue weighted by Gasteiger charge is 2.64. The second-order valence-electron chi connectivity index (χ2n) is 8.97. The maximum Gasteiger partial charge on any atom is 0.168 e. The highest BCUT2D eigenvalue weighted by Crippen LogP contribution is 2.63. The predicted octanol–water partition coefficient (Wildman–Crippen LogP) is 2.31. The summed E-state index contributed by atoms with van der Waals surface area (Å²) >= 11 is 0. The molecule has 0 amide bonds. The fraction of sp³-hybridized carbons (Fsp3) is 0.364. The Hall–Kier alpha value is -3.40. The first kappa shape index (κ1) is 19.3. The Morgan fingerprint density at radius 3 is 2.78 bits per heavy atom. The largest absolute Gasteiger partial charge is 0.397 e. The molecule has 0 bridgehead atoms. The van der Waals surface area contributed by atoms with Crippen molar-refractivity contribution in [1.29, 1.82) is 0 Å². The lowest BCUT2D eigenvalue weighted by Gasteiger charge is -2.30. The van der Waals surface area contributed by atoms with Gasteiger partial charge in [0.1, 0.15) is 17.5 Å². The number of rotatable bonds is 5. The first-order valence-electron chi connectivity index (χ1n) is 10.8.